The zero-order valence-electron chi connectivity index (χ0n) is 21.2. The summed E-state index contributed by atoms with van der Waals surface area (Å²) in [6.07, 6.45) is 0.304. The van der Waals surface area contributed by atoms with Crippen molar-refractivity contribution in [3.05, 3.63) is 88.4 Å². The highest BCUT2D eigenvalue weighted by Crippen LogP contribution is 2.33. The van der Waals surface area contributed by atoms with Gasteiger partial charge in [0.25, 0.3) is 10.0 Å². The molecule has 0 radical (unpaired) electrons. The second kappa shape index (κ2) is 13.0. The van der Waals surface area contributed by atoms with Crippen LogP contribution in [0.25, 0.3) is 0 Å². The van der Waals surface area contributed by atoms with Crippen LogP contribution in [0.15, 0.2) is 77.7 Å². The quantitative estimate of drug-likeness (QED) is 0.354. The van der Waals surface area contributed by atoms with E-state index in [0.29, 0.717) is 17.7 Å². The van der Waals surface area contributed by atoms with Crippen molar-refractivity contribution >= 4 is 50.7 Å². The van der Waals surface area contributed by atoms with E-state index in [9.17, 15) is 18.0 Å². The minimum Gasteiger partial charge on any atom is -0.497 e. The van der Waals surface area contributed by atoms with E-state index in [1.807, 2.05) is 0 Å². The number of benzene rings is 3. The topological polar surface area (TPSA) is 96.0 Å². The maximum absolute atomic E-state index is 13.9. The summed E-state index contributed by atoms with van der Waals surface area (Å²) in [6.45, 7) is 1.21. The molecular formula is C27H29Cl2N3O5S. The summed E-state index contributed by atoms with van der Waals surface area (Å²) in [6, 6.07) is 18.3. The molecule has 0 fully saturated rings. The first kappa shape index (κ1) is 29.3. The molecule has 1 atom stereocenters. The number of anilines is 1. The largest absolute Gasteiger partial charge is 0.497 e. The van der Waals surface area contributed by atoms with Gasteiger partial charge in [0.1, 0.15) is 18.3 Å². The van der Waals surface area contributed by atoms with Crippen LogP contribution in [-0.4, -0.2) is 51.9 Å². The smallest absolute Gasteiger partial charge is 0.264 e. The number of likely N-dealkylation sites (N-methyl/N-ethyl adjacent to an activating group) is 1. The third kappa shape index (κ3) is 6.78. The van der Waals surface area contributed by atoms with Gasteiger partial charge in [-0.05, 0) is 54.4 Å². The van der Waals surface area contributed by atoms with Crippen LogP contribution in [0.5, 0.6) is 5.75 Å². The lowest BCUT2D eigenvalue weighted by atomic mass is 10.1. The van der Waals surface area contributed by atoms with Crippen LogP contribution in [0.2, 0.25) is 10.0 Å². The highest BCUT2D eigenvalue weighted by molar-refractivity contribution is 7.92. The van der Waals surface area contributed by atoms with Crippen molar-refractivity contribution in [2.45, 2.75) is 30.8 Å². The Morgan fingerprint density at radius 2 is 1.71 bits per heavy atom. The van der Waals surface area contributed by atoms with Gasteiger partial charge in [-0.15, -0.1) is 0 Å². The molecule has 3 aromatic rings. The number of nitrogens with zero attached hydrogens (tertiary/aromatic N) is 2. The molecule has 0 saturated heterocycles. The Bertz CT molecular complexity index is 1390. The van der Waals surface area contributed by atoms with Crippen molar-refractivity contribution in [2.24, 2.45) is 0 Å². The van der Waals surface area contributed by atoms with E-state index in [1.54, 1.807) is 49.4 Å². The number of hydrogen-bond donors (Lipinski definition) is 1. The molecule has 0 aliphatic rings. The molecule has 0 aromatic heterocycles. The molecule has 38 heavy (non-hydrogen) atoms. The molecule has 2 amide bonds. The van der Waals surface area contributed by atoms with E-state index in [-0.39, 0.29) is 33.1 Å². The summed E-state index contributed by atoms with van der Waals surface area (Å²) in [7, 11) is -1.23. The molecule has 3 rings (SSSR count). The molecule has 1 unspecified atom stereocenters. The number of nitrogens with one attached hydrogen (secondary N) is 1. The van der Waals surface area contributed by atoms with Crippen molar-refractivity contribution < 1.29 is 22.7 Å². The average Bonchev–Trinajstić information content (AvgIpc) is 2.93. The van der Waals surface area contributed by atoms with Crippen molar-refractivity contribution in [1.82, 2.24) is 10.2 Å². The SMILES string of the molecule is CCC(C(=O)NC)N(Cc1cccc(OC)c1)C(=O)CN(c1cc(Cl)ccc1Cl)S(=O)(=O)c1ccccc1. The fourth-order valence-electron chi connectivity index (χ4n) is 3.96. The summed E-state index contributed by atoms with van der Waals surface area (Å²) in [4.78, 5) is 28.0. The molecule has 0 aliphatic heterocycles. The van der Waals surface area contributed by atoms with E-state index in [2.05, 4.69) is 5.32 Å². The minimum absolute atomic E-state index is 0.0264. The van der Waals surface area contributed by atoms with Gasteiger partial charge < -0.3 is 15.0 Å². The van der Waals surface area contributed by atoms with Crippen molar-refractivity contribution in [2.75, 3.05) is 25.0 Å². The third-order valence-electron chi connectivity index (χ3n) is 5.91. The summed E-state index contributed by atoms with van der Waals surface area (Å²) < 4.78 is 33.8. The monoisotopic (exact) mass is 577 g/mol. The molecule has 1 N–H and O–H groups in total. The highest BCUT2D eigenvalue weighted by atomic mass is 35.5. The van der Waals surface area contributed by atoms with Crippen LogP contribution in [0.1, 0.15) is 18.9 Å². The minimum atomic E-state index is -4.24. The summed E-state index contributed by atoms with van der Waals surface area (Å²) >= 11 is 12.6. The molecule has 8 nitrogen and oxygen atoms in total. The number of ether oxygens (including phenoxy) is 1. The lowest BCUT2D eigenvalue weighted by molar-refractivity contribution is -0.140. The van der Waals surface area contributed by atoms with E-state index in [0.717, 1.165) is 4.31 Å². The lowest BCUT2D eigenvalue weighted by Gasteiger charge is -2.33. The third-order valence-corrected chi connectivity index (χ3v) is 8.23. The molecular weight excluding hydrogens is 549 g/mol. The maximum Gasteiger partial charge on any atom is 0.264 e. The van der Waals surface area contributed by atoms with Crippen LogP contribution < -0.4 is 14.4 Å². The van der Waals surface area contributed by atoms with Gasteiger partial charge in [0, 0.05) is 18.6 Å². The number of hydrogen-bond acceptors (Lipinski definition) is 5. The van der Waals surface area contributed by atoms with E-state index in [1.165, 1.54) is 49.4 Å². The first-order chi connectivity index (χ1) is 18.1. The normalized spacial score (nSPS) is 11.9. The van der Waals surface area contributed by atoms with Gasteiger partial charge in [0.2, 0.25) is 11.8 Å². The molecule has 3 aromatic carbocycles. The number of sulfonamides is 1. The molecule has 0 saturated carbocycles. The number of rotatable bonds is 11. The summed E-state index contributed by atoms with van der Waals surface area (Å²) in [5.41, 5.74) is 0.754. The molecule has 11 heteroatoms. The number of halogens is 2. The van der Waals surface area contributed by atoms with Gasteiger partial charge >= 0.3 is 0 Å². The standard InChI is InChI=1S/C27H29Cl2N3O5S/c1-4-24(27(34)30-2)31(17-19-9-8-10-21(15-19)37-3)26(33)18-32(25-16-20(28)13-14-23(25)29)38(35,36)22-11-6-5-7-12-22/h5-16,24H,4,17-18H2,1-3H3,(H,30,34). The van der Waals surface area contributed by atoms with Crippen molar-refractivity contribution in [3.63, 3.8) is 0 Å². The van der Waals surface area contributed by atoms with E-state index >= 15 is 0 Å². The zero-order chi connectivity index (χ0) is 27.9. The van der Waals surface area contributed by atoms with Gasteiger partial charge in [-0.2, -0.15) is 0 Å². The Labute approximate surface area is 233 Å². The van der Waals surface area contributed by atoms with E-state index < -0.39 is 28.5 Å². The number of amides is 2. The Morgan fingerprint density at radius 1 is 1.00 bits per heavy atom. The van der Waals surface area contributed by atoms with Gasteiger partial charge in [0.15, 0.2) is 0 Å². The predicted molar refractivity (Wildman–Crippen MR) is 149 cm³/mol. The Balaban J connectivity index is 2.09. The van der Waals surface area contributed by atoms with E-state index in [4.69, 9.17) is 27.9 Å². The Kier molecular flexibility index (Phi) is 10.0. The zero-order valence-corrected chi connectivity index (χ0v) is 23.6. The Hall–Kier alpha value is -3.27. The fourth-order valence-corrected chi connectivity index (χ4v) is 5.85. The summed E-state index contributed by atoms with van der Waals surface area (Å²) in [5.74, 6) is -0.386. The van der Waals surface area contributed by atoms with Crippen LogP contribution in [-0.2, 0) is 26.2 Å². The summed E-state index contributed by atoms with van der Waals surface area (Å²) in [5, 5.41) is 2.93. The molecule has 202 valence electrons. The molecule has 0 bridgehead atoms. The van der Waals surface area contributed by atoms with Crippen molar-refractivity contribution in [1.29, 1.82) is 0 Å². The Morgan fingerprint density at radius 3 is 2.34 bits per heavy atom. The average molecular weight is 579 g/mol. The van der Waals surface area contributed by atoms with Crippen LogP contribution in [0.4, 0.5) is 5.69 Å². The van der Waals surface area contributed by atoms with Crippen LogP contribution in [0.3, 0.4) is 0 Å². The van der Waals surface area contributed by atoms with Crippen LogP contribution >= 0.6 is 23.2 Å². The van der Waals surface area contributed by atoms with Gasteiger partial charge in [0.05, 0.1) is 22.7 Å². The maximum atomic E-state index is 13.9. The molecule has 0 aliphatic carbocycles. The van der Waals surface area contributed by atoms with Crippen LogP contribution in [0, 0.1) is 0 Å². The van der Waals surface area contributed by atoms with Gasteiger partial charge in [-0.3, -0.25) is 13.9 Å². The number of carbonyl (C=O) groups is 2. The number of methoxy groups -OCH3 is 1. The van der Waals surface area contributed by atoms with Crippen molar-refractivity contribution in [3.8, 4) is 5.75 Å². The predicted octanol–water partition coefficient (Wildman–Crippen LogP) is 4.75. The molecule has 0 spiro atoms. The molecule has 0 heterocycles. The van der Waals surface area contributed by atoms with Gasteiger partial charge in [-0.25, -0.2) is 8.42 Å². The number of carbonyl (C=O) groups excluding carboxylic acids is 2. The highest BCUT2D eigenvalue weighted by Gasteiger charge is 2.34. The van der Waals surface area contributed by atoms with Gasteiger partial charge in [-0.1, -0.05) is 60.5 Å². The second-order valence-electron chi connectivity index (χ2n) is 8.33. The first-order valence-electron chi connectivity index (χ1n) is 11.8. The lowest BCUT2D eigenvalue weighted by Crippen LogP contribution is -2.51. The second-order valence-corrected chi connectivity index (χ2v) is 11.0. The fraction of sp³-hybridized carbons (Fsp3) is 0.259. The first-order valence-corrected chi connectivity index (χ1v) is 14.0.